The SMILES string of the molecule is CCC1CCCCN1C(=O)CSc1nnc(-c2ccccc2Cl)o1. The Morgan fingerprint density at radius 1 is 1.38 bits per heavy atom. The van der Waals surface area contributed by atoms with Crippen molar-refractivity contribution in [2.24, 2.45) is 0 Å². The summed E-state index contributed by atoms with van der Waals surface area (Å²) in [5, 5.41) is 8.98. The van der Waals surface area contributed by atoms with E-state index in [4.69, 9.17) is 16.0 Å². The minimum absolute atomic E-state index is 0.143. The highest BCUT2D eigenvalue weighted by atomic mass is 35.5. The Bertz CT molecular complexity index is 707. The van der Waals surface area contributed by atoms with Crippen LogP contribution >= 0.6 is 23.4 Å². The summed E-state index contributed by atoms with van der Waals surface area (Å²) >= 11 is 7.42. The molecule has 1 aromatic heterocycles. The highest BCUT2D eigenvalue weighted by Crippen LogP contribution is 2.29. The van der Waals surface area contributed by atoms with Gasteiger partial charge >= 0.3 is 0 Å². The van der Waals surface area contributed by atoms with E-state index in [1.54, 1.807) is 6.07 Å². The maximum absolute atomic E-state index is 12.5. The number of thioether (sulfide) groups is 1. The first kappa shape index (κ1) is 17.3. The molecule has 3 rings (SSSR count). The third kappa shape index (κ3) is 3.92. The zero-order valence-electron chi connectivity index (χ0n) is 13.6. The van der Waals surface area contributed by atoms with E-state index in [0.29, 0.717) is 33.5 Å². The van der Waals surface area contributed by atoms with E-state index in [-0.39, 0.29) is 5.91 Å². The van der Waals surface area contributed by atoms with Gasteiger partial charge in [0.1, 0.15) is 0 Å². The number of benzene rings is 1. The smallest absolute Gasteiger partial charge is 0.277 e. The Labute approximate surface area is 150 Å². The van der Waals surface area contributed by atoms with Gasteiger partial charge < -0.3 is 9.32 Å². The van der Waals surface area contributed by atoms with Crippen molar-refractivity contribution in [1.29, 1.82) is 0 Å². The summed E-state index contributed by atoms with van der Waals surface area (Å²) in [6.07, 6.45) is 4.40. The van der Waals surface area contributed by atoms with Crippen molar-refractivity contribution in [3.8, 4) is 11.5 Å². The molecule has 1 saturated heterocycles. The number of piperidine rings is 1. The largest absolute Gasteiger partial charge is 0.411 e. The molecule has 2 aromatic rings. The number of nitrogens with zero attached hydrogens (tertiary/aromatic N) is 3. The summed E-state index contributed by atoms with van der Waals surface area (Å²) in [5.41, 5.74) is 0.701. The molecular formula is C17H20ClN3O2S. The van der Waals surface area contributed by atoms with Crippen molar-refractivity contribution in [1.82, 2.24) is 15.1 Å². The summed E-state index contributed by atoms with van der Waals surface area (Å²) < 4.78 is 5.63. The zero-order valence-corrected chi connectivity index (χ0v) is 15.1. The predicted octanol–water partition coefficient (Wildman–Crippen LogP) is 4.27. The standard InChI is InChI=1S/C17H20ClN3O2S/c1-2-12-7-5-6-10-21(12)15(22)11-24-17-20-19-16(23-17)13-8-3-4-9-14(13)18/h3-4,8-9,12H,2,5-7,10-11H2,1H3. The van der Waals surface area contributed by atoms with Gasteiger partial charge in [0.05, 0.1) is 16.3 Å². The lowest BCUT2D eigenvalue weighted by atomic mass is 10.0. The van der Waals surface area contributed by atoms with Crippen molar-refractivity contribution in [3.05, 3.63) is 29.3 Å². The van der Waals surface area contributed by atoms with Gasteiger partial charge in [0.15, 0.2) is 0 Å². The maximum Gasteiger partial charge on any atom is 0.277 e. The number of rotatable bonds is 5. The van der Waals surface area contributed by atoms with Crippen LogP contribution in [0, 0.1) is 0 Å². The Kier molecular flexibility index (Phi) is 5.79. The fourth-order valence-corrected chi connectivity index (χ4v) is 3.84. The van der Waals surface area contributed by atoms with Crippen LogP contribution in [0.15, 0.2) is 33.9 Å². The summed E-state index contributed by atoms with van der Waals surface area (Å²) in [6, 6.07) is 7.68. The molecule has 1 aliphatic rings. The van der Waals surface area contributed by atoms with Gasteiger partial charge in [-0.1, -0.05) is 42.4 Å². The predicted molar refractivity (Wildman–Crippen MR) is 95.1 cm³/mol. The van der Waals surface area contributed by atoms with Gasteiger partial charge in [-0.2, -0.15) is 0 Å². The molecule has 0 radical (unpaired) electrons. The van der Waals surface area contributed by atoms with E-state index >= 15 is 0 Å². The van der Waals surface area contributed by atoms with Gasteiger partial charge in [-0.25, -0.2) is 0 Å². The van der Waals surface area contributed by atoms with E-state index in [1.165, 1.54) is 18.2 Å². The summed E-state index contributed by atoms with van der Waals surface area (Å²) in [6.45, 7) is 2.99. The van der Waals surface area contributed by atoms with Crippen LogP contribution in [-0.4, -0.2) is 39.3 Å². The summed E-state index contributed by atoms with van der Waals surface area (Å²) in [4.78, 5) is 14.5. The number of carbonyl (C=O) groups is 1. The Morgan fingerprint density at radius 3 is 3.00 bits per heavy atom. The van der Waals surface area contributed by atoms with Crippen LogP contribution < -0.4 is 0 Å². The number of aromatic nitrogens is 2. The van der Waals surface area contributed by atoms with Gasteiger partial charge in [-0.05, 0) is 37.8 Å². The van der Waals surface area contributed by atoms with Gasteiger partial charge in [-0.15, -0.1) is 10.2 Å². The molecule has 1 unspecified atom stereocenters. The molecule has 0 N–H and O–H groups in total. The van der Waals surface area contributed by atoms with Crippen LogP contribution in [0.2, 0.25) is 5.02 Å². The molecular weight excluding hydrogens is 346 g/mol. The third-order valence-electron chi connectivity index (χ3n) is 4.25. The topological polar surface area (TPSA) is 59.2 Å². The number of amides is 1. The lowest BCUT2D eigenvalue weighted by molar-refractivity contribution is -0.132. The van der Waals surface area contributed by atoms with E-state index < -0.39 is 0 Å². The molecule has 24 heavy (non-hydrogen) atoms. The van der Waals surface area contributed by atoms with Crippen LogP contribution in [0.25, 0.3) is 11.5 Å². The molecule has 0 bridgehead atoms. The van der Waals surface area contributed by atoms with Gasteiger partial charge in [0.25, 0.3) is 5.22 Å². The fraction of sp³-hybridized carbons (Fsp3) is 0.471. The Hall–Kier alpha value is -1.53. The molecule has 0 aliphatic carbocycles. The number of carbonyl (C=O) groups excluding carboxylic acids is 1. The average molecular weight is 366 g/mol. The molecule has 7 heteroatoms. The second-order valence-corrected chi connectivity index (χ2v) is 7.12. The molecule has 0 saturated carbocycles. The van der Waals surface area contributed by atoms with E-state index in [0.717, 1.165) is 25.8 Å². The molecule has 0 spiro atoms. The maximum atomic E-state index is 12.5. The second-order valence-electron chi connectivity index (χ2n) is 5.79. The van der Waals surface area contributed by atoms with Gasteiger partial charge in [0, 0.05) is 12.6 Å². The van der Waals surface area contributed by atoms with E-state index in [9.17, 15) is 4.79 Å². The normalized spacial score (nSPS) is 17.9. The number of likely N-dealkylation sites (tertiary alicyclic amines) is 1. The van der Waals surface area contributed by atoms with Crippen molar-refractivity contribution in [2.75, 3.05) is 12.3 Å². The highest BCUT2D eigenvalue weighted by molar-refractivity contribution is 7.99. The van der Waals surface area contributed by atoms with Crippen LogP contribution in [0.1, 0.15) is 32.6 Å². The van der Waals surface area contributed by atoms with E-state index in [1.807, 2.05) is 23.1 Å². The molecule has 128 valence electrons. The average Bonchev–Trinajstić information content (AvgIpc) is 3.08. The highest BCUT2D eigenvalue weighted by Gasteiger charge is 2.25. The van der Waals surface area contributed by atoms with Gasteiger partial charge in [-0.3, -0.25) is 4.79 Å². The molecule has 2 heterocycles. The van der Waals surface area contributed by atoms with Crippen molar-refractivity contribution in [3.63, 3.8) is 0 Å². The molecule has 1 aliphatic heterocycles. The van der Waals surface area contributed by atoms with Gasteiger partial charge in [0.2, 0.25) is 11.8 Å². The first-order chi connectivity index (χ1) is 11.7. The van der Waals surface area contributed by atoms with Crippen molar-refractivity contribution < 1.29 is 9.21 Å². The molecule has 1 atom stereocenters. The Balaban J connectivity index is 1.61. The number of hydrogen-bond donors (Lipinski definition) is 0. The summed E-state index contributed by atoms with van der Waals surface area (Å²) in [5.74, 6) is 0.838. The minimum Gasteiger partial charge on any atom is -0.411 e. The van der Waals surface area contributed by atoms with Crippen LogP contribution in [0.4, 0.5) is 0 Å². The molecule has 5 nitrogen and oxygen atoms in total. The molecule has 1 amide bonds. The van der Waals surface area contributed by atoms with Crippen LogP contribution in [0.5, 0.6) is 0 Å². The quantitative estimate of drug-likeness (QED) is 0.740. The monoisotopic (exact) mass is 365 g/mol. The van der Waals surface area contributed by atoms with Crippen molar-refractivity contribution in [2.45, 2.75) is 43.9 Å². The lowest BCUT2D eigenvalue weighted by Gasteiger charge is -2.35. The zero-order chi connectivity index (χ0) is 16.9. The number of halogens is 1. The number of hydrogen-bond acceptors (Lipinski definition) is 5. The summed E-state index contributed by atoms with van der Waals surface area (Å²) in [7, 11) is 0. The molecule has 1 fully saturated rings. The first-order valence-electron chi connectivity index (χ1n) is 8.19. The second kappa shape index (κ2) is 8.03. The van der Waals surface area contributed by atoms with Crippen molar-refractivity contribution >= 4 is 29.3 Å². The third-order valence-corrected chi connectivity index (χ3v) is 5.38. The van der Waals surface area contributed by atoms with E-state index in [2.05, 4.69) is 17.1 Å². The Morgan fingerprint density at radius 2 is 2.21 bits per heavy atom. The first-order valence-corrected chi connectivity index (χ1v) is 9.56. The van der Waals surface area contributed by atoms with Crippen LogP contribution in [-0.2, 0) is 4.79 Å². The minimum atomic E-state index is 0.143. The lowest BCUT2D eigenvalue weighted by Crippen LogP contribution is -2.44. The van der Waals surface area contributed by atoms with Crippen LogP contribution in [0.3, 0.4) is 0 Å². The fourth-order valence-electron chi connectivity index (χ4n) is 2.97. The molecule has 1 aromatic carbocycles.